The normalized spacial score (nSPS) is 12.0. The largest absolute Gasteiger partial charge is 0.493 e. The average Bonchev–Trinajstić information content (AvgIpc) is 2.26. The molecule has 0 saturated carbocycles. The highest BCUT2D eigenvalue weighted by atomic mass is 32.2. The van der Waals surface area contributed by atoms with Crippen molar-refractivity contribution in [2.24, 2.45) is 0 Å². The van der Waals surface area contributed by atoms with E-state index < -0.39 is 17.5 Å². The smallest absolute Gasteiger partial charge is 0.269 e. The number of hydrogen-bond acceptors (Lipinski definition) is 4. The Morgan fingerprint density at radius 3 is 2.65 bits per heavy atom. The van der Waals surface area contributed by atoms with Gasteiger partial charge < -0.3 is 0 Å². The lowest BCUT2D eigenvalue weighted by molar-refractivity contribution is -0.203. The van der Waals surface area contributed by atoms with Crippen molar-refractivity contribution in [3.8, 4) is 0 Å². The standard InChI is InChI=1S/C9H6F3N3OS/c1-17-8-13-4-5-2-3-6(16)15(7(5)14-8)9(10,11)12/h2-4H,1H3. The molecule has 0 atom stereocenters. The van der Waals surface area contributed by atoms with Gasteiger partial charge in [-0.05, 0) is 12.3 Å². The van der Waals surface area contributed by atoms with Crippen LogP contribution in [0.4, 0.5) is 13.2 Å². The second kappa shape index (κ2) is 4.02. The molecule has 0 saturated heterocycles. The van der Waals surface area contributed by atoms with E-state index in [1.807, 2.05) is 0 Å². The van der Waals surface area contributed by atoms with Gasteiger partial charge >= 0.3 is 6.30 Å². The number of aromatic nitrogens is 3. The van der Waals surface area contributed by atoms with Crippen molar-refractivity contribution in [3.63, 3.8) is 0 Å². The van der Waals surface area contributed by atoms with Gasteiger partial charge in [-0.25, -0.2) is 14.5 Å². The molecule has 0 radical (unpaired) electrons. The Labute approximate surface area is 97.5 Å². The number of alkyl halides is 3. The van der Waals surface area contributed by atoms with Crippen LogP contribution in [0.25, 0.3) is 11.0 Å². The topological polar surface area (TPSA) is 47.8 Å². The summed E-state index contributed by atoms with van der Waals surface area (Å²) < 4.78 is 37.8. The lowest BCUT2D eigenvalue weighted by Gasteiger charge is -2.12. The van der Waals surface area contributed by atoms with Gasteiger partial charge in [0.15, 0.2) is 10.8 Å². The maximum Gasteiger partial charge on any atom is 0.493 e. The number of nitrogens with zero attached hydrogens (tertiary/aromatic N) is 3. The molecule has 0 fully saturated rings. The summed E-state index contributed by atoms with van der Waals surface area (Å²) in [4.78, 5) is 18.8. The Balaban J connectivity index is 2.88. The lowest BCUT2D eigenvalue weighted by Crippen LogP contribution is -2.31. The number of hydrogen-bond donors (Lipinski definition) is 0. The SMILES string of the molecule is CSc1ncc2ccc(=O)n(C(F)(F)F)c2n1. The van der Waals surface area contributed by atoms with Crippen molar-refractivity contribution in [2.75, 3.05) is 6.26 Å². The summed E-state index contributed by atoms with van der Waals surface area (Å²) >= 11 is 1.10. The van der Waals surface area contributed by atoms with E-state index in [1.165, 1.54) is 12.3 Å². The van der Waals surface area contributed by atoms with Gasteiger partial charge in [0.2, 0.25) is 0 Å². The van der Waals surface area contributed by atoms with E-state index in [9.17, 15) is 18.0 Å². The van der Waals surface area contributed by atoms with E-state index in [0.717, 1.165) is 17.8 Å². The first-order valence-electron chi connectivity index (χ1n) is 4.43. The first-order chi connectivity index (χ1) is 7.93. The van der Waals surface area contributed by atoms with Gasteiger partial charge in [0, 0.05) is 17.6 Å². The minimum absolute atomic E-state index is 0.166. The molecule has 0 unspecified atom stereocenters. The van der Waals surface area contributed by atoms with Crippen LogP contribution in [0.1, 0.15) is 0 Å². The third kappa shape index (κ3) is 2.12. The van der Waals surface area contributed by atoms with Crippen LogP contribution in [-0.2, 0) is 6.30 Å². The summed E-state index contributed by atoms with van der Waals surface area (Å²) in [5, 5.41) is 0.348. The molecule has 90 valence electrons. The van der Waals surface area contributed by atoms with Crippen LogP contribution in [0, 0.1) is 0 Å². The zero-order valence-electron chi connectivity index (χ0n) is 8.52. The molecular weight excluding hydrogens is 255 g/mol. The van der Waals surface area contributed by atoms with Crippen molar-refractivity contribution in [1.82, 2.24) is 14.5 Å². The van der Waals surface area contributed by atoms with Crippen molar-refractivity contribution in [2.45, 2.75) is 11.5 Å². The molecule has 0 spiro atoms. The Bertz CT molecular complexity index is 623. The highest BCUT2D eigenvalue weighted by Gasteiger charge is 2.34. The fraction of sp³-hybridized carbons (Fsp3) is 0.222. The fourth-order valence-corrected chi connectivity index (χ4v) is 1.68. The van der Waals surface area contributed by atoms with E-state index in [4.69, 9.17) is 0 Å². The monoisotopic (exact) mass is 261 g/mol. The molecule has 0 aliphatic rings. The molecule has 4 nitrogen and oxygen atoms in total. The number of halogens is 3. The minimum Gasteiger partial charge on any atom is -0.269 e. The molecule has 2 rings (SSSR count). The van der Waals surface area contributed by atoms with Crippen LogP contribution >= 0.6 is 11.8 Å². The van der Waals surface area contributed by atoms with Gasteiger partial charge in [-0.1, -0.05) is 11.8 Å². The molecule has 2 aromatic heterocycles. The molecular formula is C9H6F3N3OS. The van der Waals surface area contributed by atoms with Gasteiger partial charge in [-0.2, -0.15) is 0 Å². The van der Waals surface area contributed by atoms with Crippen molar-refractivity contribution in [3.05, 3.63) is 28.7 Å². The molecule has 17 heavy (non-hydrogen) atoms. The van der Waals surface area contributed by atoms with Gasteiger partial charge in [0.05, 0.1) is 0 Å². The Morgan fingerprint density at radius 2 is 2.06 bits per heavy atom. The molecule has 0 bridgehead atoms. The van der Waals surface area contributed by atoms with Gasteiger partial charge in [0.25, 0.3) is 5.56 Å². The number of thioether (sulfide) groups is 1. The molecule has 8 heteroatoms. The van der Waals surface area contributed by atoms with Crippen LogP contribution in [0.15, 0.2) is 28.3 Å². The summed E-state index contributed by atoms with van der Waals surface area (Å²) in [5.74, 6) is 0. The molecule has 0 aliphatic heterocycles. The van der Waals surface area contributed by atoms with Crippen molar-refractivity contribution in [1.29, 1.82) is 0 Å². The number of rotatable bonds is 1. The zero-order valence-corrected chi connectivity index (χ0v) is 9.34. The van der Waals surface area contributed by atoms with E-state index in [2.05, 4.69) is 9.97 Å². The van der Waals surface area contributed by atoms with Crippen molar-refractivity contribution < 1.29 is 13.2 Å². The minimum atomic E-state index is -4.79. The van der Waals surface area contributed by atoms with Crippen LogP contribution in [0.2, 0.25) is 0 Å². The highest BCUT2D eigenvalue weighted by molar-refractivity contribution is 7.98. The Kier molecular flexibility index (Phi) is 2.82. The lowest BCUT2D eigenvalue weighted by atomic mass is 10.3. The summed E-state index contributed by atoms with van der Waals surface area (Å²) in [7, 11) is 0. The molecule has 0 amide bonds. The van der Waals surface area contributed by atoms with E-state index in [0.29, 0.717) is 0 Å². The molecule has 0 N–H and O–H groups in total. The quantitative estimate of drug-likeness (QED) is 0.582. The maximum absolute atomic E-state index is 12.7. The summed E-state index contributed by atoms with van der Waals surface area (Å²) in [6, 6.07) is 2.11. The summed E-state index contributed by atoms with van der Waals surface area (Å²) in [6.07, 6.45) is -1.89. The maximum atomic E-state index is 12.7. The second-order valence-corrected chi connectivity index (χ2v) is 3.88. The Hall–Kier alpha value is -1.57. The van der Waals surface area contributed by atoms with Crippen LogP contribution in [0.3, 0.4) is 0 Å². The predicted molar refractivity (Wildman–Crippen MR) is 56.9 cm³/mol. The molecule has 0 aliphatic carbocycles. The summed E-state index contributed by atoms with van der Waals surface area (Å²) in [5.41, 5.74) is -1.58. The first-order valence-corrected chi connectivity index (χ1v) is 5.66. The number of pyridine rings is 1. The first kappa shape index (κ1) is 11.9. The van der Waals surface area contributed by atoms with Gasteiger partial charge in [0.1, 0.15) is 0 Å². The van der Waals surface area contributed by atoms with Crippen molar-refractivity contribution >= 4 is 22.8 Å². The van der Waals surface area contributed by atoms with Gasteiger partial charge in [-0.3, -0.25) is 4.79 Å². The van der Waals surface area contributed by atoms with Crippen LogP contribution in [0.5, 0.6) is 0 Å². The third-order valence-electron chi connectivity index (χ3n) is 2.05. The van der Waals surface area contributed by atoms with E-state index in [1.54, 1.807) is 6.26 Å². The summed E-state index contributed by atoms with van der Waals surface area (Å²) in [6.45, 7) is 0. The van der Waals surface area contributed by atoms with E-state index >= 15 is 0 Å². The Morgan fingerprint density at radius 1 is 1.35 bits per heavy atom. The van der Waals surface area contributed by atoms with Gasteiger partial charge in [-0.15, -0.1) is 13.2 Å². The predicted octanol–water partition coefficient (Wildman–Crippen LogP) is 1.99. The highest BCUT2D eigenvalue weighted by Crippen LogP contribution is 2.24. The third-order valence-corrected chi connectivity index (χ3v) is 2.61. The fourth-order valence-electron chi connectivity index (χ4n) is 1.35. The van der Waals surface area contributed by atoms with Crippen LogP contribution < -0.4 is 5.56 Å². The molecule has 2 heterocycles. The zero-order chi connectivity index (χ0) is 12.6. The molecule has 0 aromatic carbocycles. The number of fused-ring (bicyclic) bond motifs is 1. The van der Waals surface area contributed by atoms with E-state index in [-0.39, 0.29) is 15.1 Å². The molecule has 2 aromatic rings. The average molecular weight is 261 g/mol. The van der Waals surface area contributed by atoms with Crippen LogP contribution in [-0.4, -0.2) is 20.8 Å². The second-order valence-electron chi connectivity index (χ2n) is 3.11.